The second-order valence-corrected chi connectivity index (χ2v) is 6.04. The fraction of sp³-hybridized carbons (Fsp3) is 0.158. The zero-order valence-corrected chi connectivity index (χ0v) is 14.5. The van der Waals surface area contributed by atoms with Gasteiger partial charge in [0.15, 0.2) is 6.10 Å². The molecule has 2 aromatic rings. The second kappa shape index (κ2) is 6.99. The summed E-state index contributed by atoms with van der Waals surface area (Å²) in [6.07, 6.45) is -0.842. The molecular formula is C19H16ClNO4. The van der Waals surface area contributed by atoms with Crippen LogP contribution in [-0.2, 0) is 19.1 Å². The van der Waals surface area contributed by atoms with E-state index in [-0.39, 0.29) is 11.3 Å². The molecule has 0 radical (unpaired) electrons. The number of aryl methyl sites for hydroxylation is 1. The number of carbonyl (C=O) groups is 2. The van der Waals surface area contributed by atoms with Crippen LogP contribution in [0, 0.1) is 6.92 Å². The van der Waals surface area contributed by atoms with Gasteiger partial charge in [0.1, 0.15) is 11.3 Å². The molecular weight excluding hydrogens is 342 g/mol. The Hall–Kier alpha value is -2.79. The fourth-order valence-corrected chi connectivity index (χ4v) is 2.68. The number of rotatable bonds is 4. The number of esters is 2. The van der Waals surface area contributed by atoms with Gasteiger partial charge in [-0.1, -0.05) is 41.4 Å². The number of carbonyl (C=O) groups excluding carboxylic acids is 2. The molecule has 0 aliphatic carbocycles. The number of cyclic esters (lactones) is 1. The van der Waals surface area contributed by atoms with Crippen LogP contribution in [0.5, 0.6) is 0 Å². The first kappa shape index (κ1) is 17.0. The minimum absolute atomic E-state index is 0.0793. The van der Waals surface area contributed by atoms with Crippen molar-refractivity contribution in [3.63, 3.8) is 0 Å². The van der Waals surface area contributed by atoms with Gasteiger partial charge in [-0.25, -0.2) is 9.59 Å². The van der Waals surface area contributed by atoms with Crippen LogP contribution in [0.3, 0.4) is 0 Å². The summed E-state index contributed by atoms with van der Waals surface area (Å²) in [5, 5.41) is 3.52. The van der Waals surface area contributed by atoms with Gasteiger partial charge in [-0.3, -0.25) is 0 Å². The largest absolute Gasteiger partial charge is 0.465 e. The van der Waals surface area contributed by atoms with E-state index in [0.717, 1.165) is 5.56 Å². The van der Waals surface area contributed by atoms with Gasteiger partial charge in [0, 0.05) is 10.7 Å². The van der Waals surface area contributed by atoms with Gasteiger partial charge in [-0.15, -0.1) is 0 Å². The number of methoxy groups -OCH3 is 1. The van der Waals surface area contributed by atoms with E-state index in [1.54, 1.807) is 24.3 Å². The van der Waals surface area contributed by atoms with Crippen molar-refractivity contribution in [2.75, 3.05) is 12.4 Å². The van der Waals surface area contributed by atoms with Crippen LogP contribution in [-0.4, -0.2) is 19.0 Å². The lowest BCUT2D eigenvalue weighted by molar-refractivity contribution is -0.141. The number of nitrogens with one attached hydrogen (secondary N) is 1. The Balaban J connectivity index is 2.01. The summed E-state index contributed by atoms with van der Waals surface area (Å²) >= 11 is 5.90. The highest BCUT2D eigenvalue weighted by Gasteiger charge is 2.40. The van der Waals surface area contributed by atoms with Gasteiger partial charge >= 0.3 is 11.9 Å². The number of halogens is 1. The Kier molecular flexibility index (Phi) is 4.76. The standard InChI is InChI=1S/C19H16ClNO4/c1-11-3-9-14(10-4-11)21-16-15(18(22)24-2)17(25-19(16)23)12-5-7-13(20)8-6-12/h3-10,17,21H,1-2H3. The highest BCUT2D eigenvalue weighted by atomic mass is 35.5. The van der Waals surface area contributed by atoms with Crippen LogP contribution >= 0.6 is 11.6 Å². The molecule has 6 heteroatoms. The van der Waals surface area contributed by atoms with Crippen LogP contribution in [0.15, 0.2) is 59.8 Å². The molecule has 0 bridgehead atoms. The lowest BCUT2D eigenvalue weighted by atomic mass is 10.0. The van der Waals surface area contributed by atoms with E-state index in [0.29, 0.717) is 16.3 Å². The number of ether oxygens (including phenoxy) is 2. The second-order valence-electron chi connectivity index (χ2n) is 5.61. The van der Waals surface area contributed by atoms with E-state index in [2.05, 4.69) is 5.32 Å². The van der Waals surface area contributed by atoms with E-state index in [1.807, 2.05) is 31.2 Å². The fourth-order valence-electron chi connectivity index (χ4n) is 2.56. The molecule has 0 spiro atoms. The van der Waals surface area contributed by atoms with Crippen LogP contribution in [0.4, 0.5) is 5.69 Å². The number of anilines is 1. The van der Waals surface area contributed by atoms with Crippen molar-refractivity contribution in [1.82, 2.24) is 0 Å². The molecule has 0 aromatic heterocycles. The lowest BCUT2D eigenvalue weighted by Gasteiger charge is -2.13. The van der Waals surface area contributed by atoms with E-state index in [1.165, 1.54) is 7.11 Å². The van der Waals surface area contributed by atoms with Gasteiger partial charge in [0.2, 0.25) is 0 Å². The normalized spacial score (nSPS) is 16.6. The smallest absolute Gasteiger partial charge is 0.356 e. The first-order chi connectivity index (χ1) is 12.0. The van der Waals surface area contributed by atoms with Crippen molar-refractivity contribution in [2.45, 2.75) is 13.0 Å². The topological polar surface area (TPSA) is 64.6 Å². The van der Waals surface area contributed by atoms with Crippen LogP contribution in [0.1, 0.15) is 17.2 Å². The summed E-state index contributed by atoms with van der Waals surface area (Å²) in [6.45, 7) is 1.96. The average molecular weight is 358 g/mol. The summed E-state index contributed by atoms with van der Waals surface area (Å²) in [7, 11) is 1.26. The van der Waals surface area contributed by atoms with Gasteiger partial charge < -0.3 is 14.8 Å². The molecule has 128 valence electrons. The number of hydrogen-bond acceptors (Lipinski definition) is 5. The molecule has 25 heavy (non-hydrogen) atoms. The average Bonchev–Trinajstić information content (AvgIpc) is 2.93. The summed E-state index contributed by atoms with van der Waals surface area (Å²) in [5.74, 6) is -1.23. The van der Waals surface area contributed by atoms with Gasteiger partial charge in [0.05, 0.1) is 7.11 Å². The van der Waals surface area contributed by atoms with Gasteiger partial charge in [-0.05, 0) is 36.8 Å². The van der Waals surface area contributed by atoms with E-state index in [9.17, 15) is 9.59 Å². The summed E-state index contributed by atoms with van der Waals surface area (Å²) in [5.41, 5.74) is 2.61. The van der Waals surface area contributed by atoms with Crippen LogP contribution in [0.2, 0.25) is 5.02 Å². The van der Waals surface area contributed by atoms with Crippen molar-refractivity contribution in [1.29, 1.82) is 0 Å². The molecule has 1 aliphatic rings. The molecule has 1 heterocycles. The first-order valence-electron chi connectivity index (χ1n) is 7.62. The molecule has 2 aromatic carbocycles. The predicted molar refractivity (Wildman–Crippen MR) is 94.1 cm³/mol. The molecule has 1 aliphatic heterocycles. The van der Waals surface area contributed by atoms with E-state index >= 15 is 0 Å². The summed E-state index contributed by atoms with van der Waals surface area (Å²) in [6, 6.07) is 14.2. The quantitative estimate of drug-likeness (QED) is 0.843. The summed E-state index contributed by atoms with van der Waals surface area (Å²) in [4.78, 5) is 24.6. The Morgan fingerprint density at radius 1 is 1.12 bits per heavy atom. The Labute approximate surface area is 150 Å². The maximum atomic E-state index is 12.4. The van der Waals surface area contributed by atoms with Crippen molar-refractivity contribution in [2.24, 2.45) is 0 Å². The third-order valence-corrected chi connectivity index (χ3v) is 4.11. The maximum absolute atomic E-state index is 12.4. The molecule has 1 atom stereocenters. The molecule has 5 nitrogen and oxygen atoms in total. The Morgan fingerprint density at radius 3 is 2.36 bits per heavy atom. The highest BCUT2D eigenvalue weighted by Crippen LogP contribution is 2.36. The Bertz CT molecular complexity index is 841. The third kappa shape index (κ3) is 3.51. The number of hydrogen-bond donors (Lipinski definition) is 1. The first-order valence-corrected chi connectivity index (χ1v) is 8.00. The summed E-state index contributed by atoms with van der Waals surface area (Å²) < 4.78 is 10.3. The SMILES string of the molecule is COC(=O)C1=C(Nc2ccc(C)cc2)C(=O)OC1c1ccc(Cl)cc1. The minimum Gasteiger partial charge on any atom is -0.465 e. The van der Waals surface area contributed by atoms with Crippen molar-refractivity contribution in [3.05, 3.63) is 76.0 Å². The number of benzene rings is 2. The highest BCUT2D eigenvalue weighted by molar-refractivity contribution is 6.30. The van der Waals surface area contributed by atoms with Gasteiger partial charge in [0.25, 0.3) is 0 Å². The van der Waals surface area contributed by atoms with E-state index in [4.69, 9.17) is 21.1 Å². The van der Waals surface area contributed by atoms with Crippen LogP contribution < -0.4 is 5.32 Å². The zero-order chi connectivity index (χ0) is 18.0. The molecule has 0 amide bonds. The van der Waals surface area contributed by atoms with Crippen molar-refractivity contribution >= 4 is 29.2 Å². The molecule has 1 N–H and O–H groups in total. The van der Waals surface area contributed by atoms with Crippen molar-refractivity contribution < 1.29 is 19.1 Å². The molecule has 1 unspecified atom stereocenters. The minimum atomic E-state index is -0.842. The van der Waals surface area contributed by atoms with Crippen molar-refractivity contribution in [3.8, 4) is 0 Å². The lowest BCUT2D eigenvalue weighted by Crippen LogP contribution is -2.14. The predicted octanol–water partition coefficient (Wildman–Crippen LogP) is 3.79. The molecule has 0 fully saturated rings. The maximum Gasteiger partial charge on any atom is 0.356 e. The zero-order valence-electron chi connectivity index (χ0n) is 13.7. The molecule has 0 saturated carbocycles. The third-order valence-electron chi connectivity index (χ3n) is 3.86. The Morgan fingerprint density at radius 2 is 1.76 bits per heavy atom. The monoisotopic (exact) mass is 357 g/mol. The van der Waals surface area contributed by atoms with E-state index < -0.39 is 18.0 Å². The van der Waals surface area contributed by atoms with Gasteiger partial charge in [-0.2, -0.15) is 0 Å². The molecule has 0 saturated heterocycles. The molecule has 3 rings (SSSR count). The van der Waals surface area contributed by atoms with Crippen LogP contribution in [0.25, 0.3) is 0 Å².